The van der Waals surface area contributed by atoms with Gasteiger partial charge in [-0.05, 0) is 40.2 Å². The number of hydrogen-bond donors (Lipinski definition) is 1. The normalized spacial score (nSPS) is 20.0. The minimum atomic E-state index is -0.503. The third-order valence-corrected chi connectivity index (χ3v) is 4.23. The van der Waals surface area contributed by atoms with Crippen LogP contribution in [0.15, 0.2) is 12.4 Å². The highest BCUT2D eigenvalue weighted by Gasteiger charge is 2.52. The number of pyridine rings is 1. The molecule has 0 atom stereocenters. The summed E-state index contributed by atoms with van der Waals surface area (Å²) < 4.78 is 12.0. The lowest BCUT2D eigenvalue weighted by Crippen LogP contribution is -2.41. The molecule has 0 spiro atoms. The summed E-state index contributed by atoms with van der Waals surface area (Å²) in [5.41, 5.74) is 1.35. The fourth-order valence-corrected chi connectivity index (χ4v) is 2.11. The molecule has 5 nitrogen and oxygen atoms in total. The molecular weight excluding hydrogens is 255 g/mol. The van der Waals surface area contributed by atoms with E-state index in [-0.39, 0.29) is 5.91 Å². The lowest BCUT2D eigenvalue weighted by atomic mass is 9.76. The average molecular weight is 276 g/mol. The molecule has 1 amide bonds. The minimum absolute atomic E-state index is 0.159. The van der Waals surface area contributed by atoms with Crippen molar-refractivity contribution in [3.05, 3.63) is 23.5 Å². The second kappa shape index (κ2) is 4.86. The van der Waals surface area contributed by atoms with E-state index in [0.29, 0.717) is 5.56 Å². The molecule has 1 N–H and O–H groups in total. The van der Waals surface area contributed by atoms with Crippen LogP contribution in [-0.2, 0) is 9.31 Å². The van der Waals surface area contributed by atoms with Crippen LogP contribution in [0.1, 0.15) is 43.6 Å². The number of hydrogen-bond acceptors (Lipinski definition) is 4. The highest BCUT2D eigenvalue weighted by Crippen LogP contribution is 2.36. The zero-order chi connectivity index (χ0) is 15.1. The van der Waals surface area contributed by atoms with Gasteiger partial charge < -0.3 is 14.6 Å². The van der Waals surface area contributed by atoms with E-state index >= 15 is 0 Å². The van der Waals surface area contributed by atoms with Crippen molar-refractivity contribution in [3.63, 3.8) is 0 Å². The maximum absolute atomic E-state index is 11.8. The Bertz CT molecular complexity index is 527. The number of carbonyl (C=O) groups excluding carboxylic acids is 1. The molecule has 0 unspecified atom stereocenters. The molecule has 1 aliphatic heterocycles. The van der Waals surface area contributed by atoms with E-state index in [1.54, 1.807) is 19.4 Å². The van der Waals surface area contributed by atoms with Crippen LogP contribution in [-0.4, -0.2) is 36.3 Å². The first-order chi connectivity index (χ1) is 9.19. The summed E-state index contributed by atoms with van der Waals surface area (Å²) in [5.74, 6) is -0.159. The Kier molecular flexibility index (Phi) is 3.65. The van der Waals surface area contributed by atoms with Crippen molar-refractivity contribution >= 4 is 18.5 Å². The van der Waals surface area contributed by atoms with Crippen molar-refractivity contribution in [3.8, 4) is 0 Å². The molecule has 1 aliphatic rings. The molecular formula is C14H21BN2O3. The van der Waals surface area contributed by atoms with Gasteiger partial charge in [0.15, 0.2) is 0 Å². The molecule has 1 fully saturated rings. The number of nitrogens with zero attached hydrogens (tertiary/aromatic N) is 1. The molecule has 2 heterocycles. The monoisotopic (exact) mass is 276 g/mol. The molecule has 20 heavy (non-hydrogen) atoms. The SMILES string of the molecule is CNC(=O)c1cncc(B2OC(C)(C)C(C)(C)O2)c1C. The van der Waals surface area contributed by atoms with Gasteiger partial charge in [-0.25, -0.2) is 0 Å². The standard InChI is InChI=1S/C14H21BN2O3/c1-9-10(12(18)16-6)7-17-8-11(9)15-19-13(2,3)14(4,5)20-15/h7-8H,1-6H3,(H,16,18). The Morgan fingerprint density at radius 2 is 1.75 bits per heavy atom. The maximum atomic E-state index is 11.8. The van der Waals surface area contributed by atoms with E-state index in [4.69, 9.17) is 9.31 Å². The van der Waals surface area contributed by atoms with E-state index in [0.717, 1.165) is 11.0 Å². The van der Waals surface area contributed by atoms with Crippen LogP contribution in [0.3, 0.4) is 0 Å². The third-order valence-electron chi connectivity index (χ3n) is 4.23. The number of rotatable bonds is 2. The Balaban J connectivity index is 2.39. The molecule has 0 aliphatic carbocycles. The van der Waals surface area contributed by atoms with Crippen molar-refractivity contribution in [1.29, 1.82) is 0 Å². The van der Waals surface area contributed by atoms with Crippen molar-refractivity contribution < 1.29 is 14.1 Å². The van der Waals surface area contributed by atoms with Gasteiger partial charge in [0.05, 0.1) is 16.8 Å². The largest absolute Gasteiger partial charge is 0.496 e. The Hall–Kier alpha value is -1.40. The average Bonchev–Trinajstić information content (AvgIpc) is 2.57. The van der Waals surface area contributed by atoms with Gasteiger partial charge in [0.2, 0.25) is 0 Å². The first-order valence-corrected chi connectivity index (χ1v) is 6.72. The number of amides is 1. The van der Waals surface area contributed by atoms with Gasteiger partial charge in [0, 0.05) is 24.9 Å². The first kappa shape index (κ1) is 15.0. The topological polar surface area (TPSA) is 60.5 Å². The van der Waals surface area contributed by atoms with Crippen LogP contribution in [0, 0.1) is 6.92 Å². The van der Waals surface area contributed by atoms with Crippen LogP contribution >= 0.6 is 0 Å². The van der Waals surface area contributed by atoms with E-state index < -0.39 is 18.3 Å². The summed E-state index contributed by atoms with van der Waals surface area (Å²) in [5, 5.41) is 2.61. The molecule has 1 aromatic rings. The van der Waals surface area contributed by atoms with Gasteiger partial charge >= 0.3 is 7.12 Å². The fourth-order valence-electron chi connectivity index (χ4n) is 2.11. The highest BCUT2D eigenvalue weighted by atomic mass is 16.7. The Morgan fingerprint density at radius 1 is 1.20 bits per heavy atom. The highest BCUT2D eigenvalue weighted by molar-refractivity contribution is 6.62. The maximum Gasteiger partial charge on any atom is 0.496 e. The number of carbonyl (C=O) groups is 1. The number of aromatic nitrogens is 1. The number of nitrogens with one attached hydrogen (secondary N) is 1. The molecule has 1 aromatic heterocycles. The van der Waals surface area contributed by atoms with Crippen LogP contribution in [0.4, 0.5) is 0 Å². The molecule has 1 saturated heterocycles. The molecule has 0 saturated carbocycles. The van der Waals surface area contributed by atoms with Crippen molar-refractivity contribution in [1.82, 2.24) is 10.3 Å². The summed E-state index contributed by atoms with van der Waals surface area (Å²) in [7, 11) is 1.10. The quantitative estimate of drug-likeness (QED) is 0.820. The molecule has 108 valence electrons. The Labute approximate surface area is 120 Å². The van der Waals surface area contributed by atoms with Crippen molar-refractivity contribution in [2.45, 2.75) is 45.8 Å². The van der Waals surface area contributed by atoms with E-state index in [1.807, 2.05) is 34.6 Å². The van der Waals surface area contributed by atoms with E-state index in [9.17, 15) is 4.79 Å². The predicted octanol–water partition coefficient (Wildman–Crippen LogP) is 1.05. The zero-order valence-corrected chi connectivity index (χ0v) is 12.9. The lowest BCUT2D eigenvalue weighted by Gasteiger charge is -2.32. The van der Waals surface area contributed by atoms with E-state index in [2.05, 4.69) is 10.3 Å². The van der Waals surface area contributed by atoms with Gasteiger partial charge in [-0.2, -0.15) is 0 Å². The van der Waals surface area contributed by atoms with Gasteiger partial charge in [-0.15, -0.1) is 0 Å². The lowest BCUT2D eigenvalue weighted by molar-refractivity contribution is 0.00578. The van der Waals surface area contributed by atoms with E-state index in [1.165, 1.54) is 0 Å². The smallest absolute Gasteiger partial charge is 0.399 e. The summed E-state index contributed by atoms with van der Waals surface area (Å²) in [6.45, 7) is 9.88. The summed E-state index contributed by atoms with van der Waals surface area (Å²) in [4.78, 5) is 16.0. The molecule has 6 heteroatoms. The first-order valence-electron chi connectivity index (χ1n) is 6.72. The second-order valence-corrected chi connectivity index (χ2v) is 6.07. The summed E-state index contributed by atoms with van der Waals surface area (Å²) in [6, 6.07) is 0. The second-order valence-electron chi connectivity index (χ2n) is 6.07. The van der Waals surface area contributed by atoms with Gasteiger partial charge in [0.1, 0.15) is 0 Å². The van der Waals surface area contributed by atoms with Crippen LogP contribution < -0.4 is 10.8 Å². The third kappa shape index (κ3) is 2.34. The van der Waals surface area contributed by atoms with Crippen LogP contribution in [0.5, 0.6) is 0 Å². The van der Waals surface area contributed by atoms with Crippen LogP contribution in [0.2, 0.25) is 0 Å². The van der Waals surface area contributed by atoms with Gasteiger partial charge in [-0.1, -0.05) is 0 Å². The zero-order valence-electron chi connectivity index (χ0n) is 12.9. The minimum Gasteiger partial charge on any atom is -0.399 e. The van der Waals surface area contributed by atoms with Crippen molar-refractivity contribution in [2.75, 3.05) is 7.05 Å². The van der Waals surface area contributed by atoms with Crippen molar-refractivity contribution in [2.24, 2.45) is 0 Å². The summed E-state index contributed by atoms with van der Waals surface area (Å²) in [6.07, 6.45) is 3.26. The van der Waals surface area contributed by atoms with Gasteiger partial charge in [0.25, 0.3) is 5.91 Å². The molecule has 0 aromatic carbocycles. The Morgan fingerprint density at radius 3 is 2.25 bits per heavy atom. The predicted molar refractivity (Wildman–Crippen MR) is 78.1 cm³/mol. The van der Waals surface area contributed by atoms with Gasteiger partial charge in [-0.3, -0.25) is 9.78 Å². The van der Waals surface area contributed by atoms with Crippen LogP contribution in [0.25, 0.3) is 0 Å². The molecule has 0 radical (unpaired) electrons. The molecule has 2 rings (SSSR count). The molecule has 0 bridgehead atoms. The fraction of sp³-hybridized carbons (Fsp3) is 0.571. The summed E-state index contributed by atoms with van der Waals surface area (Å²) >= 11 is 0.